The highest BCUT2D eigenvalue weighted by molar-refractivity contribution is 9.09. The van der Waals surface area contributed by atoms with Crippen LogP contribution in [0.2, 0.25) is 5.02 Å². The van der Waals surface area contributed by atoms with E-state index >= 15 is 0 Å². The molecule has 0 aliphatic carbocycles. The van der Waals surface area contributed by atoms with E-state index in [2.05, 4.69) is 21.9 Å². The topological polar surface area (TPSA) is 0 Å². The van der Waals surface area contributed by atoms with Crippen molar-refractivity contribution in [1.29, 1.82) is 0 Å². The fraction of sp³-hybridized carbons (Fsp3) is 0.111. The Morgan fingerprint density at radius 1 is 1.45 bits per heavy atom. The largest absolute Gasteiger partial charge is 0.119 e. The molecule has 1 rings (SSSR count). The van der Waals surface area contributed by atoms with Gasteiger partial charge < -0.3 is 0 Å². The second-order valence-electron chi connectivity index (χ2n) is 2.05. The van der Waals surface area contributed by atoms with Crippen molar-refractivity contribution in [3.63, 3.8) is 0 Å². The van der Waals surface area contributed by atoms with E-state index in [1.807, 2.05) is 24.3 Å². The third-order valence-electron chi connectivity index (χ3n) is 1.32. The van der Waals surface area contributed by atoms with E-state index in [0.717, 1.165) is 5.56 Å². The van der Waals surface area contributed by atoms with Crippen LogP contribution in [0.4, 0.5) is 0 Å². The molecular weight excluding hydrogens is 223 g/mol. The minimum absolute atomic E-state index is 0.0869. The minimum atomic E-state index is -0.0869. The number of rotatable bonds is 1. The van der Waals surface area contributed by atoms with Crippen LogP contribution in [-0.4, -0.2) is 0 Å². The molecule has 2 heteroatoms. The van der Waals surface area contributed by atoms with Gasteiger partial charge in [0, 0.05) is 5.02 Å². The third kappa shape index (κ3) is 1.99. The van der Waals surface area contributed by atoms with Crippen molar-refractivity contribution in [2.45, 2.75) is 4.83 Å². The van der Waals surface area contributed by atoms with E-state index in [4.69, 9.17) is 18.0 Å². The van der Waals surface area contributed by atoms with Crippen LogP contribution in [0, 0.1) is 12.3 Å². The highest BCUT2D eigenvalue weighted by Gasteiger charge is 2.05. The second kappa shape index (κ2) is 3.80. The molecule has 1 atom stereocenters. The van der Waals surface area contributed by atoms with Crippen LogP contribution in [0.15, 0.2) is 24.3 Å². The summed E-state index contributed by atoms with van der Waals surface area (Å²) in [6.07, 6.45) is 5.22. The third-order valence-corrected chi connectivity index (χ3v) is 2.43. The van der Waals surface area contributed by atoms with Crippen LogP contribution in [-0.2, 0) is 0 Å². The zero-order valence-electron chi connectivity index (χ0n) is 5.72. The van der Waals surface area contributed by atoms with Crippen LogP contribution in [0.3, 0.4) is 0 Å². The maximum Gasteiger partial charge on any atom is 0.101 e. The molecule has 0 radical (unpaired) electrons. The van der Waals surface area contributed by atoms with Crippen molar-refractivity contribution in [2.75, 3.05) is 0 Å². The molecule has 56 valence electrons. The number of hydrogen-bond acceptors (Lipinski definition) is 0. The summed E-state index contributed by atoms with van der Waals surface area (Å²) in [4.78, 5) is -0.0869. The van der Waals surface area contributed by atoms with Crippen molar-refractivity contribution in [2.24, 2.45) is 0 Å². The first kappa shape index (κ1) is 8.64. The Morgan fingerprint density at radius 2 is 2.09 bits per heavy atom. The SMILES string of the molecule is C#CC(Br)c1ccccc1Cl. The first-order valence-electron chi connectivity index (χ1n) is 3.10. The van der Waals surface area contributed by atoms with E-state index in [1.54, 1.807) is 0 Å². The van der Waals surface area contributed by atoms with Gasteiger partial charge in [-0.25, -0.2) is 0 Å². The van der Waals surface area contributed by atoms with E-state index in [0.29, 0.717) is 5.02 Å². The molecule has 0 amide bonds. The predicted molar refractivity (Wildman–Crippen MR) is 52.0 cm³/mol. The second-order valence-corrected chi connectivity index (χ2v) is 3.37. The van der Waals surface area contributed by atoms with Gasteiger partial charge in [-0.3, -0.25) is 0 Å². The first-order chi connectivity index (χ1) is 5.25. The maximum absolute atomic E-state index is 5.87. The average molecular weight is 230 g/mol. The summed E-state index contributed by atoms with van der Waals surface area (Å²) in [5.74, 6) is 2.55. The minimum Gasteiger partial charge on any atom is -0.119 e. The summed E-state index contributed by atoms with van der Waals surface area (Å²) >= 11 is 9.19. The lowest BCUT2D eigenvalue weighted by atomic mass is 10.2. The summed E-state index contributed by atoms with van der Waals surface area (Å²) in [5.41, 5.74) is 0.941. The molecule has 1 aromatic rings. The molecule has 0 saturated carbocycles. The van der Waals surface area contributed by atoms with E-state index in [9.17, 15) is 0 Å². The van der Waals surface area contributed by atoms with Crippen molar-refractivity contribution in [3.8, 4) is 12.3 Å². The van der Waals surface area contributed by atoms with Crippen molar-refractivity contribution < 1.29 is 0 Å². The number of alkyl halides is 1. The molecule has 1 unspecified atom stereocenters. The van der Waals surface area contributed by atoms with Crippen LogP contribution in [0.5, 0.6) is 0 Å². The van der Waals surface area contributed by atoms with E-state index in [-0.39, 0.29) is 4.83 Å². The van der Waals surface area contributed by atoms with Gasteiger partial charge in [-0.15, -0.1) is 6.42 Å². The summed E-state index contributed by atoms with van der Waals surface area (Å²) < 4.78 is 0. The lowest BCUT2D eigenvalue weighted by molar-refractivity contribution is 1.31. The van der Waals surface area contributed by atoms with Gasteiger partial charge in [0.15, 0.2) is 0 Å². The standard InChI is InChI=1S/C9H6BrCl/c1-2-8(10)7-5-3-4-6-9(7)11/h1,3-6,8H. The lowest BCUT2D eigenvalue weighted by Gasteiger charge is -2.03. The highest BCUT2D eigenvalue weighted by Crippen LogP contribution is 2.27. The van der Waals surface area contributed by atoms with Crippen molar-refractivity contribution in [1.82, 2.24) is 0 Å². The smallest absolute Gasteiger partial charge is 0.101 e. The Labute approximate surface area is 79.7 Å². The quantitative estimate of drug-likeness (QED) is 0.511. The fourth-order valence-corrected chi connectivity index (χ4v) is 1.55. The van der Waals surface area contributed by atoms with Gasteiger partial charge in [0.1, 0.15) is 4.83 Å². The number of benzene rings is 1. The van der Waals surface area contributed by atoms with Crippen LogP contribution in [0.1, 0.15) is 10.4 Å². The first-order valence-corrected chi connectivity index (χ1v) is 4.39. The zero-order valence-corrected chi connectivity index (χ0v) is 8.06. The van der Waals surface area contributed by atoms with Gasteiger partial charge in [-0.1, -0.05) is 51.7 Å². The molecule has 11 heavy (non-hydrogen) atoms. The highest BCUT2D eigenvalue weighted by atomic mass is 79.9. The van der Waals surface area contributed by atoms with E-state index < -0.39 is 0 Å². The predicted octanol–water partition coefficient (Wildman–Crippen LogP) is 3.41. The molecule has 1 aromatic carbocycles. The van der Waals surface area contributed by atoms with Gasteiger partial charge in [-0.05, 0) is 11.6 Å². The van der Waals surface area contributed by atoms with Crippen LogP contribution in [0.25, 0.3) is 0 Å². The number of hydrogen-bond donors (Lipinski definition) is 0. The molecule has 0 N–H and O–H groups in total. The molecule has 0 spiro atoms. The van der Waals surface area contributed by atoms with Gasteiger partial charge in [0.05, 0.1) is 0 Å². The maximum atomic E-state index is 5.87. The molecule has 0 bridgehead atoms. The Hall–Kier alpha value is -0.450. The summed E-state index contributed by atoms with van der Waals surface area (Å²) in [5, 5.41) is 0.701. The lowest BCUT2D eigenvalue weighted by Crippen LogP contribution is -1.85. The fourth-order valence-electron chi connectivity index (χ4n) is 0.770. The molecule has 0 heterocycles. The Kier molecular flexibility index (Phi) is 2.99. The Bertz CT molecular complexity index is 288. The van der Waals surface area contributed by atoms with Gasteiger partial charge in [-0.2, -0.15) is 0 Å². The summed E-state index contributed by atoms with van der Waals surface area (Å²) in [6, 6.07) is 7.51. The molecule has 0 aromatic heterocycles. The van der Waals surface area contributed by atoms with Gasteiger partial charge >= 0.3 is 0 Å². The monoisotopic (exact) mass is 228 g/mol. The summed E-state index contributed by atoms with van der Waals surface area (Å²) in [6.45, 7) is 0. The van der Waals surface area contributed by atoms with Crippen molar-refractivity contribution in [3.05, 3.63) is 34.9 Å². The molecular formula is C9H6BrCl. The number of halogens is 2. The molecule has 0 nitrogen and oxygen atoms in total. The molecule has 0 aliphatic rings. The van der Waals surface area contributed by atoms with Crippen molar-refractivity contribution >= 4 is 27.5 Å². The Balaban J connectivity index is 3.05. The number of terminal acetylenes is 1. The summed E-state index contributed by atoms with van der Waals surface area (Å²) in [7, 11) is 0. The van der Waals surface area contributed by atoms with Gasteiger partial charge in [0.25, 0.3) is 0 Å². The van der Waals surface area contributed by atoms with Crippen LogP contribution >= 0.6 is 27.5 Å². The average Bonchev–Trinajstić information content (AvgIpc) is 2.04. The normalized spacial score (nSPS) is 12.1. The van der Waals surface area contributed by atoms with Crippen LogP contribution < -0.4 is 0 Å². The molecule has 0 saturated heterocycles. The molecule has 0 aliphatic heterocycles. The Morgan fingerprint density at radius 3 is 2.64 bits per heavy atom. The van der Waals surface area contributed by atoms with E-state index in [1.165, 1.54) is 0 Å². The zero-order chi connectivity index (χ0) is 8.27. The molecule has 0 fully saturated rings. The van der Waals surface area contributed by atoms with Gasteiger partial charge in [0.2, 0.25) is 0 Å².